The third kappa shape index (κ3) is 7.35. The number of hydrogen-bond acceptors (Lipinski definition) is 2. The summed E-state index contributed by atoms with van der Waals surface area (Å²) >= 11 is 0. The van der Waals surface area contributed by atoms with E-state index in [1.165, 1.54) is 16.4 Å². The number of rotatable bonds is 3. The fourth-order valence-electron chi connectivity index (χ4n) is 1.39. The van der Waals surface area contributed by atoms with Crippen molar-refractivity contribution in [2.45, 2.75) is 45.8 Å². The molecule has 0 aliphatic heterocycles. The van der Waals surface area contributed by atoms with Gasteiger partial charge in [-0.05, 0) is 36.4 Å². The minimum absolute atomic E-state index is 0.282. The molecule has 0 N–H and O–H groups in total. The first-order chi connectivity index (χ1) is 4.77. The molecule has 0 aromatic rings. The Morgan fingerprint density at radius 2 is 1.55 bits per heavy atom. The predicted octanol–water partition coefficient (Wildman–Crippen LogP) is 4.74. The van der Waals surface area contributed by atoms with Gasteiger partial charge >= 0.3 is 0 Å². The molecule has 0 atom stereocenters. The molecule has 0 radical (unpaired) electrons. The van der Waals surface area contributed by atoms with Crippen LogP contribution in [0.5, 0.6) is 0 Å². The predicted molar refractivity (Wildman–Crippen MR) is 59.2 cm³/mol. The van der Waals surface area contributed by atoms with E-state index >= 15 is 0 Å². The summed E-state index contributed by atoms with van der Waals surface area (Å²) in [7, 11) is 8.68. The smallest absolute Gasteiger partial charge is 0.0223 e. The van der Waals surface area contributed by atoms with Crippen LogP contribution in [0, 0.1) is 5.41 Å². The maximum atomic E-state index is 5.59. The Balaban J connectivity index is 3.91. The third-order valence-corrected chi connectivity index (χ3v) is 3.98. The highest BCUT2D eigenvalue weighted by Gasteiger charge is 2.25. The van der Waals surface area contributed by atoms with Gasteiger partial charge in [-0.1, -0.05) is 31.6 Å². The average molecular weight is 213 g/mol. The topological polar surface area (TPSA) is 0 Å². The minimum Gasteiger partial charge on any atom is -0.0710 e. The Kier molecular flexibility index (Phi) is 4.68. The fourth-order valence-corrected chi connectivity index (χ4v) is 4.28. The molecule has 0 amide bonds. The Hall–Kier alpha value is 0.990. The van der Waals surface area contributed by atoms with Gasteiger partial charge in [0.2, 0.25) is 0 Å². The van der Waals surface area contributed by atoms with Crippen LogP contribution in [0.25, 0.3) is 0 Å². The van der Waals surface area contributed by atoms with Crippen molar-refractivity contribution >= 4 is 31.5 Å². The maximum absolute atomic E-state index is 5.59. The Bertz CT molecular complexity index is 116. The highest BCUT2D eigenvalue weighted by Crippen LogP contribution is 2.44. The van der Waals surface area contributed by atoms with Gasteiger partial charge in [-0.15, -0.1) is 0 Å². The van der Waals surface area contributed by atoms with Gasteiger partial charge in [-0.3, -0.25) is 0 Å². The van der Waals surface area contributed by atoms with Crippen molar-refractivity contribution in [3.8, 4) is 0 Å². The molecule has 0 rings (SSSR count). The van der Waals surface area contributed by atoms with Crippen molar-refractivity contribution in [1.29, 1.82) is 0 Å². The summed E-state index contributed by atoms with van der Waals surface area (Å²) < 4.78 is 0.282. The second kappa shape index (κ2) is 4.29. The van der Waals surface area contributed by atoms with Gasteiger partial charge in [0.15, 0.2) is 0 Å². The van der Waals surface area contributed by atoms with Gasteiger partial charge in [0.25, 0.3) is 0 Å². The zero-order chi connectivity index (χ0) is 9.12. The van der Waals surface area contributed by atoms with E-state index in [1.807, 2.05) is 0 Å². The van der Waals surface area contributed by atoms with Gasteiger partial charge < -0.3 is 0 Å². The van der Waals surface area contributed by atoms with Gasteiger partial charge in [-0.25, -0.2) is 0 Å². The standard InChI is InChI=1S/C8H17ClS2/c1-7(2,3)6-8(4,5)10-11-9/h6H2,1-5H3. The van der Waals surface area contributed by atoms with Crippen molar-refractivity contribution < 1.29 is 0 Å². The van der Waals surface area contributed by atoms with E-state index in [0.29, 0.717) is 5.41 Å². The normalized spacial score (nSPS) is 13.6. The van der Waals surface area contributed by atoms with E-state index in [2.05, 4.69) is 34.6 Å². The van der Waals surface area contributed by atoms with Crippen LogP contribution in [0.3, 0.4) is 0 Å². The van der Waals surface area contributed by atoms with Crippen LogP contribution in [-0.2, 0) is 0 Å². The largest absolute Gasteiger partial charge is 0.0710 e. The number of hydrogen-bond donors (Lipinski definition) is 0. The molecule has 0 saturated carbocycles. The van der Waals surface area contributed by atoms with Crippen LogP contribution in [0.15, 0.2) is 0 Å². The molecule has 0 aromatic carbocycles. The van der Waals surface area contributed by atoms with E-state index in [4.69, 9.17) is 10.7 Å². The summed E-state index contributed by atoms with van der Waals surface area (Å²) in [6, 6.07) is 0. The molecule has 0 aromatic heterocycles. The molecule has 0 fully saturated rings. The lowest BCUT2D eigenvalue weighted by molar-refractivity contribution is 0.340. The van der Waals surface area contributed by atoms with Crippen LogP contribution >= 0.6 is 31.5 Å². The lowest BCUT2D eigenvalue weighted by atomic mass is 9.86. The average Bonchev–Trinajstić information content (AvgIpc) is 1.55. The summed E-state index contributed by atoms with van der Waals surface area (Å²) in [5.41, 5.74) is 0.392. The summed E-state index contributed by atoms with van der Waals surface area (Å²) in [6.45, 7) is 11.2. The second-order valence-corrected chi connectivity index (χ2v) is 8.05. The summed E-state index contributed by atoms with van der Waals surface area (Å²) in [5, 5.41) is 0. The molecule has 0 heterocycles. The molecule has 0 nitrogen and oxygen atoms in total. The van der Waals surface area contributed by atoms with Crippen LogP contribution in [0.4, 0.5) is 0 Å². The molecule has 0 aliphatic carbocycles. The van der Waals surface area contributed by atoms with E-state index in [1.54, 1.807) is 10.8 Å². The molecule has 0 saturated heterocycles. The molecule has 0 aliphatic rings. The fraction of sp³-hybridized carbons (Fsp3) is 1.00. The first kappa shape index (κ1) is 12.0. The molecule has 0 bridgehead atoms. The highest BCUT2D eigenvalue weighted by molar-refractivity contribution is 8.85. The highest BCUT2D eigenvalue weighted by atomic mass is 35.7. The Labute approximate surface area is 82.7 Å². The maximum Gasteiger partial charge on any atom is 0.0223 e. The molecule has 11 heavy (non-hydrogen) atoms. The third-order valence-electron chi connectivity index (χ3n) is 1.21. The molecule has 68 valence electrons. The first-order valence-electron chi connectivity index (χ1n) is 3.73. The van der Waals surface area contributed by atoms with E-state index in [0.717, 1.165) is 0 Å². The Morgan fingerprint density at radius 3 is 1.82 bits per heavy atom. The first-order valence-corrected chi connectivity index (χ1v) is 6.71. The number of halogens is 1. The van der Waals surface area contributed by atoms with Gasteiger partial charge in [0, 0.05) is 14.8 Å². The second-order valence-electron chi connectivity index (χ2n) is 4.64. The van der Waals surface area contributed by atoms with Crippen molar-refractivity contribution in [2.24, 2.45) is 5.41 Å². The van der Waals surface area contributed by atoms with E-state index in [9.17, 15) is 0 Å². The molecular weight excluding hydrogens is 196 g/mol. The van der Waals surface area contributed by atoms with Crippen LogP contribution in [0.2, 0.25) is 0 Å². The lowest BCUT2D eigenvalue weighted by Crippen LogP contribution is -2.22. The monoisotopic (exact) mass is 212 g/mol. The molecule has 0 unspecified atom stereocenters. The Morgan fingerprint density at radius 1 is 1.09 bits per heavy atom. The zero-order valence-corrected chi connectivity index (χ0v) is 10.3. The summed E-state index contributed by atoms with van der Waals surface area (Å²) in [4.78, 5) is 0. The van der Waals surface area contributed by atoms with E-state index < -0.39 is 0 Å². The zero-order valence-electron chi connectivity index (χ0n) is 7.90. The van der Waals surface area contributed by atoms with E-state index in [-0.39, 0.29) is 4.75 Å². The van der Waals surface area contributed by atoms with Gasteiger partial charge in [0.1, 0.15) is 0 Å². The van der Waals surface area contributed by atoms with Gasteiger partial charge in [-0.2, -0.15) is 0 Å². The lowest BCUT2D eigenvalue weighted by Gasteiger charge is -2.30. The van der Waals surface area contributed by atoms with Crippen LogP contribution < -0.4 is 0 Å². The summed E-state index contributed by atoms with van der Waals surface area (Å²) in [6.07, 6.45) is 1.18. The summed E-state index contributed by atoms with van der Waals surface area (Å²) in [5.74, 6) is 0. The molecular formula is C8H17ClS2. The van der Waals surface area contributed by atoms with Crippen LogP contribution in [0.1, 0.15) is 41.0 Å². The van der Waals surface area contributed by atoms with Crippen molar-refractivity contribution in [3.63, 3.8) is 0 Å². The van der Waals surface area contributed by atoms with Crippen molar-refractivity contribution in [1.82, 2.24) is 0 Å². The SMILES string of the molecule is CC(C)(C)CC(C)(C)SSCl. The molecule has 0 spiro atoms. The quantitative estimate of drug-likeness (QED) is 0.620. The van der Waals surface area contributed by atoms with Gasteiger partial charge in [0.05, 0.1) is 0 Å². The van der Waals surface area contributed by atoms with Crippen molar-refractivity contribution in [3.05, 3.63) is 0 Å². The van der Waals surface area contributed by atoms with Crippen molar-refractivity contribution in [2.75, 3.05) is 0 Å². The van der Waals surface area contributed by atoms with Crippen LogP contribution in [-0.4, -0.2) is 4.75 Å². The minimum atomic E-state index is 0.282. The molecule has 3 heteroatoms.